The van der Waals surface area contributed by atoms with Crippen LogP contribution >= 0.6 is 0 Å². The Morgan fingerprint density at radius 2 is 2.32 bits per heavy atom. The second-order valence-electron chi connectivity index (χ2n) is 4.99. The lowest BCUT2D eigenvalue weighted by molar-refractivity contribution is -0.121. The molecule has 6 nitrogen and oxygen atoms in total. The number of nitrogens with zero attached hydrogens (tertiary/aromatic N) is 3. The third-order valence-corrected chi connectivity index (χ3v) is 3.33. The fourth-order valence-corrected chi connectivity index (χ4v) is 2.03. The molecule has 0 aromatic carbocycles. The highest BCUT2D eigenvalue weighted by Gasteiger charge is 2.25. The van der Waals surface area contributed by atoms with Gasteiger partial charge in [0.2, 0.25) is 5.91 Å². The summed E-state index contributed by atoms with van der Waals surface area (Å²) < 4.78 is 0. The van der Waals surface area contributed by atoms with E-state index in [0.29, 0.717) is 12.4 Å². The highest BCUT2D eigenvalue weighted by molar-refractivity contribution is 5.94. The quantitative estimate of drug-likeness (QED) is 0.803. The van der Waals surface area contributed by atoms with E-state index in [-0.39, 0.29) is 11.9 Å². The molecule has 19 heavy (non-hydrogen) atoms. The minimum absolute atomic E-state index is 0.0141. The maximum atomic E-state index is 12.2. The van der Waals surface area contributed by atoms with Crippen LogP contribution in [0.3, 0.4) is 0 Å². The van der Waals surface area contributed by atoms with Crippen LogP contribution < -0.4 is 15.5 Å². The zero-order chi connectivity index (χ0) is 13.8. The molecule has 1 unspecified atom stereocenters. The van der Waals surface area contributed by atoms with Crippen LogP contribution in [-0.2, 0) is 4.79 Å². The van der Waals surface area contributed by atoms with Gasteiger partial charge in [0.15, 0.2) is 0 Å². The molecule has 104 valence electrons. The van der Waals surface area contributed by atoms with Crippen LogP contribution in [-0.4, -0.2) is 62.6 Å². The van der Waals surface area contributed by atoms with Crippen molar-refractivity contribution in [1.29, 1.82) is 0 Å². The first-order chi connectivity index (χ1) is 9.08. The smallest absolute Gasteiger partial charge is 0.244 e. The molecule has 1 aromatic rings. The SMILES string of the molecule is CN(C)c1ccc(NC(=O)C2CNCCN2C)nc1. The average molecular weight is 263 g/mol. The Bertz CT molecular complexity index is 431. The van der Waals surface area contributed by atoms with Crippen molar-refractivity contribution in [3.05, 3.63) is 18.3 Å². The number of rotatable bonds is 3. The van der Waals surface area contributed by atoms with Crippen molar-refractivity contribution in [3.63, 3.8) is 0 Å². The third kappa shape index (κ3) is 3.42. The van der Waals surface area contributed by atoms with E-state index in [0.717, 1.165) is 18.8 Å². The molecule has 1 aliphatic rings. The van der Waals surface area contributed by atoms with Crippen LogP contribution in [0.2, 0.25) is 0 Å². The molecule has 1 aromatic heterocycles. The molecular formula is C13H21N5O. The van der Waals surface area contributed by atoms with Crippen molar-refractivity contribution >= 4 is 17.4 Å². The van der Waals surface area contributed by atoms with Crippen molar-refractivity contribution in [2.45, 2.75) is 6.04 Å². The Balaban J connectivity index is 1.98. The van der Waals surface area contributed by atoms with E-state index in [2.05, 4.69) is 20.5 Å². The van der Waals surface area contributed by atoms with E-state index in [1.54, 1.807) is 6.20 Å². The zero-order valence-electron chi connectivity index (χ0n) is 11.7. The highest BCUT2D eigenvalue weighted by atomic mass is 16.2. The predicted molar refractivity (Wildman–Crippen MR) is 76.5 cm³/mol. The Labute approximate surface area is 113 Å². The average Bonchev–Trinajstić information content (AvgIpc) is 2.39. The normalized spacial score (nSPS) is 20.1. The van der Waals surface area contributed by atoms with E-state index >= 15 is 0 Å². The van der Waals surface area contributed by atoms with E-state index in [4.69, 9.17) is 0 Å². The van der Waals surface area contributed by atoms with Crippen LogP contribution in [0.15, 0.2) is 18.3 Å². The lowest BCUT2D eigenvalue weighted by atomic mass is 10.2. The van der Waals surface area contributed by atoms with Gasteiger partial charge in [0.05, 0.1) is 11.9 Å². The molecule has 1 atom stereocenters. The molecule has 6 heteroatoms. The van der Waals surface area contributed by atoms with Gasteiger partial charge in [-0.1, -0.05) is 0 Å². The first kappa shape index (κ1) is 13.8. The molecular weight excluding hydrogens is 242 g/mol. The van der Waals surface area contributed by atoms with Crippen molar-refractivity contribution in [1.82, 2.24) is 15.2 Å². The predicted octanol–water partition coefficient (Wildman–Crippen LogP) is -0.0103. The number of aromatic nitrogens is 1. The van der Waals surface area contributed by atoms with Crippen molar-refractivity contribution in [2.75, 3.05) is 51.0 Å². The second-order valence-corrected chi connectivity index (χ2v) is 4.99. The first-order valence-electron chi connectivity index (χ1n) is 6.43. The van der Waals surface area contributed by atoms with Crippen molar-refractivity contribution in [3.8, 4) is 0 Å². The van der Waals surface area contributed by atoms with Gasteiger partial charge in [-0.15, -0.1) is 0 Å². The fraction of sp³-hybridized carbons (Fsp3) is 0.538. The third-order valence-electron chi connectivity index (χ3n) is 3.33. The van der Waals surface area contributed by atoms with Gasteiger partial charge < -0.3 is 15.5 Å². The lowest BCUT2D eigenvalue weighted by Gasteiger charge is -2.31. The molecule has 2 heterocycles. The van der Waals surface area contributed by atoms with Gasteiger partial charge >= 0.3 is 0 Å². The Morgan fingerprint density at radius 3 is 2.89 bits per heavy atom. The first-order valence-corrected chi connectivity index (χ1v) is 6.43. The topological polar surface area (TPSA) is 60.5 Å². The van der Waals surface area contributed by atoms with E-state index in [1.807, 2.05) is 38.2 Å². The Morgan fingerprint density at radius 1 is 1.53 bits per heavy atom. The number of hydrogen-bond acceptors (Lipinski definition) is 5. The van der Waals surface area contributed by atoms with Gasteiger partial charge in [0.1, 0.15) is 11.9 Å². The summed E-state index contributed by atoms with van der Waals surface area (Å²) in [6.45, 7) is 2.49. The molecule has 0 radical (unpaired) electrons. The van der Waals surface area contributed by atoms with Crippen LogP contribution in [0.4, 0.5) is 11.5 Å². The number of carbonyl (C=O) groups is 1. The molecule has 1 amide bonds. The summed E-state index contributed by atoms with van der Waals surface area (Å²) in [5.74, 6) is 0.578. The highest BCUT2D eigenvalue weighted by Crippen LogP contribution is 2.13. The monoisotopic (exact) mass is 263 g/mol. The van der Waals surface area contributed by atoms with Crippen LogP contribution in [0, 0.1) is 0 Å². The van der Waals surface area contributed by atoms with Gasteiger partial charge in [-0.3, -0.25) is 9.69 Å². The lowest BCUT2D eigenvalue weighted by Crippen LogP contribution is -2.54. The molecule has 1 fully saturated rings. The summed E-state index contributed by atoms with van der Waals surface area (Å²) in [5.41, 5.74) is 1.01. The van der Waals surface area contributed by atoms with Crippen LogP contribution in [0.5, 0.6) is 0 Å². The molecule has 0 bridgehead atoms. The largest absolute Gasteiger partial charge is 0.376 e. The summed E-state index contributed by atoms with van der Waals surface area (Å²) in [4.78, 5) is 20.4. The molecule has 0 aliphatic carbocycles. The van der Waals surface area contributed by atoms with Crippen LogP contribution in [0.25, 0.3) is 0 Å². The summed E-state index contributed by atoms with van der Waals surface area (Å²) in [7, 11) is 5.88. The maximum Gasteiger partial charge on any atom is 0.244 e. The second kappa shape index (κ2) is 5.99. The van der Waals surface area contributed by atoms with E-state index in [1.165, 1.54) is 0 Å². The molecule has 1 aliphatic heterocycles. The number of piperazine rings is 1. The van der Waals surface area contributed by atoms with E-state index < -0.39 is 0 Å². The van der Waals surface area contributed by atoms with Gasteiger partial charge in [0.25, 0.3) is 0 Å². The van der Waals surface area contributed by atoms with Gasteiger partial charge in [-0.05, 0) is 19.2 Å². The minimum atomic E-state index is -0.135. The minimum Gasteiger partial charge on any atom is -0.376 e. The Hall–Kier alpha value is -1.66. The molecule has 0 saturated carbocycles. The summed E-state index contributed by atoms with van der Waals surface area (Å²) in [6, 6.07) is 3.62. The maximum absolute atomic E-state index is 12.2. The fourth-order valence-electron chi connectivity index (χ4n) is 2.03. The summed E-state index contributed by atoms with van der Waals surface area (Å²) in [6.07, 6.45) is 1.75. The number of amides is 1. The number of nitrogens with one attached hydrogen (secondary N) is 2. The molecule has 0 spiro atoms. The number of likely N-dealkylation sites (N-methyl/N-ethyl adjacent to an activating group) is 1. The van der Waals surface area contributed by atoms with Gasteiger partial charge in [-0.25, -0.2) is 4.98 Å². The molecule has 2 N–H and O–H groups in total. The van der Waals surface area contributed by atoms with Gasteiger partial charge in [-0.2, -0.15) is 0 Å². The summed E-state index contributed by atoms with van der Waals surface area (Å²) >= 11 is 0. The number of anilines is 2. The zero-order valence-corrected chi connectivity index (χ0v) is 11.7. The summed E-state index contributed by atoms with van der Waals surface area (Å²) in [5, 5.41) is 6.08. The van der Waals surface area contributed by atoms with Crippen molar-refractivity contribution in [2.24, 2.45) is 0 Å². The Kier molecular flexibility index (Phi) is 4.34. The number of pyridine rings is 1. The molecule has 2 rings (SSSR count). The van der Waals surface area contributed by atoms with Gasteiger partial charge in [0, 0.05) is 33.7 Å². The number of hydrogen-bond donors (Lipinski definition) is 2. The number of carbonyl (C=O) groups excluding carboxylic acids is 1. The standard InChI is InChI=1S/C13H21N5O/c1-17(2)10-4-5-12(15-8-10)16-13(19)11-9-14-6-7-18(11)3/h4-5,8,11,14H,6-7,9H2,1-3H3,(H,15,16,19). The van der Waals surface area contributed by atoms with E-state index in [9.17, 15) is 4.79 Å². The van der Waals surface area contributed by atoms with Crippen molar-refractivity contribution < 1.29 is 4.79 Å². The molecule has 1 saturated heterocycles. The van der Waals surface area contributed by atoms with Crippen LogP contribution in [0.1, 0.15) is 0 Å².